The molecule has 1 saturated heterocycles. The summed E-state index contributed by atoms with van der Waals surface area (Å²) >= 11 is 3.35. The number of thioether (sulfide) groups is 1. The maximum absolute atomic E-state index is 13.1. The summed E-state index contributed by atoms with van der Waals surface area (Å²) < 4.78 is 52.8. The van der Waals surface area contributed by atoms with Crippen LogP contribution >= 0.6 is 34.6 Å². The predicted octanol–water partition coefficient (Wildman–Crippen LogP) is -1.26. The smallest absolute Gasteiger partial charge is 0.352 e. The molecule has 5 rings (SSSR count). The number of hydrogen-bond acceptors (Lipinski definition) is 13. The van der Waals surface area contributed by atoms with Gasteiger partial charge in [-0.25, -0.2) is 13.8 Å². The summed E-state index contributed by atoms with van der Waals surface area (Å²) in [6, 6.07) is -1.09. The molecule has 0 bridgehead atoms. The zero-order valence-electron chi connectivity index (χ0n) is 21.0. The van der Waals surface area contributed by atoms with Gasteiger partial charge in [-0.05, 0) is 0 Å². The number of halogens is 1. The van der Waals surface area contributed by atoms with Crippen molar-refractivity contribution in [3.8, 4) is 0 Å². The fourth-order valence-corrected chi connectivity index (χ4v) is 7.23. The van der Waals surface area contributed by atoms with Crippen LogP contribution in [0.2, 0.25) is 0 Å². The molecule has 0 radical (unpaired) electrons. The highest BCUT2D eigenvalue weighted by atomic mass is 32.2. The number of imidazole rings is 1. The first kappa shape index (κ1) is 29.8. The van der Waals surface area contributed by atoms with Crippen molar-refractivity contribution in [1.82, 2.24) is 28.7 Å². The maximum Gasteiger partial charge on any atom is 0.352 e. The van der Waals surface area contributed by atoms with Crippen LogP contribution in [0.15, 0.2) is 34.3 Å². The number of oxime groups is 1. The summed E-state index contributed by atoms with van der Waals surface area (Å²) in [6.07, 6.45) is 3.37. The van der Waals surface area contributed by atoms with Crippen molar-refractivity contribution < 1.29 is 46.3 Å². The number of fused-ring (bicyclic) bond motifs is 2. The third-order valence-electron chi connectivity index (χ3n) is 5.94. The average Bonchev–Trinajstić information content (AvgIpc) is 3.63. The van der Waals surface area contributed by atoms with E-state index in [1.54, 1.807) is 26.9 Å². The van der Waals surface area contributed by atoms with Crippen LogP contribution in [0.3, 0.4) is 0 Å². The van der Waals surface area contributed by atoms with Gasteiger partial charge in [-0.15, -0.1) is 11.8 Å². The molecule has 2 aliphatic rings. The van der Waals surface area contributed by atoms with Crippen LogP contribution < -0.4 is 20.3 Å². The topological polar surface area (TPSA) is 235 Å². The second-order valence-corrected chi connectivity index (χ2v) is 12.7. The van der Waals surface area contributed by atoms with Gasteiger partial charge in [-0.2, -0.15) is 26.9 Å². The highest BCUT2D eigenvalue weighted by Gasteiger charge is 2.54. The van der Waals surface area contributed by atoms with E-state index in [0.717, 1.165) is 21.3 Å². The number of carbonyl (C=O) groups excluding carboxylic acids is 2. The van der Waals surface area contributed by atoms with Crippen LogP contribution in [0.4, 0.5) is 9.52 Å². The number of aliphatic carboxylic acids is 1. The van der Waals surface area contributed by atoms with Crippen molar-refractivity contribution >= 4 is 78.4 Å². The molecule has 5 heterocycles. The Morgan fingerprint density at radius 3 is 2.83 bits per heavy atom. The van der Waals surface area contributed by atoms with Crippen LogP contribution in [-0.4, -0.2) is 90.7 Å². The number of nitrogen functional groups attached to an aromatic ring is 1. The van der Waals surface area contributed by atoms with E-state index in [2.05, 4.69) is 19.8 Å². The second-order valence-electron chi connectivity index (χ2n) is 8.68. The lowest BCUT2D eigenvalue weighted by Gasteiger charge is -2.49. The average molecular weight is 663 g/mol. The van der Waals surface area contributed by atoms with E-state index in [9.17, 15) is 32.3 Å². The van der Waals surface area contributed by atoms with E-state index in [1.165, 1.54) is 23.1 Å². The number of alkyl halides is 1. The molecule has 6 N–H and O–H groups in total. The molecular weight excluding hydrogens is 642 g/mol. The van der Waals surface area contributed by atoms with E-state index >= 15 is 0 Å². The molecule has 17 nitrogen and oxygen atoms in total. The summed E-state index contributed by atoms with van der Waals surface area (Å²) in [5, 5.41) is 17.1. The van der Waals surface area contributed by atoms with Gasteiger partial charge < -0.3 is 21.0 Å². The normalized spacial score (nSPS) is 19.1. The summed E-state index contributed by atoms with van der Waals surface area (Å²) in [7, 11) is -4.39. The molecule has 22 heteroatoms. The van der Waals surface area contributed by atoms with Gasteiger partial charge in [0.15, 0.2) is 5.13 Å². The quantitative estimate of drug-likeness (QED) is 0.0382. The molecule has 2 atom stereocenters. The summed E-state index contributed by atoms with van der Waals surface area (Å²) in [5.41, 5.74) is 5.93. The molecular formula is C20H21FN9O8S4+. The highest BCUT2D eigenvalue weighted by molar-refractivity contribution is 8.00. The third kappa shape index (κ3) is 6.07. The van der Waals surface area contributed by atoms with Gasteiger partial charge >= 0.3 is 16.3 Å². The Hall–Kier alpha value is -3.70. The second kappa shape index (κ2) is 11.9. The predicted molar refractivity (Wildman–Crippen MR) is 146 cm³/mol. The Morgan fingerprint density at radius 2 is 2.17 bits per heavy atom. The molecule has 42 heavy (non-hydrogen) atoms. The van der Waals surface area contributed by atoms with Crippen molar-refractivity contribution in [2.75, 3.05) is 24.8 Å². The first-order valence-corrected chi connectivity index (χ1v) is 15.9. The Bertz CT molecular complexity index is 1730. The number of thiazole rings is 1. The highest BCUT2D eigenvalue weighted by Crippen LogP contribution is 2.40. The molecule has 0 unspecified atom stereocenters. The SMILES string of the molecule is Nc1nc(/C(=N/OCCF)C(=O)N[C@@H]2C(=O)N3C(C(=O)O)=C(C[n+]4cc5scc(CNS(=O)(=O)O)n5c4)CS[C@H]23)ns1. The number of hydrogen-bond donors (Lipinski definition) is 5. The van der Waals surface area contributed by atoms with Gasteiger partial charge in [0.05, 0.1) is 6.54 Å². The number of nitrogens with zero attached hydrogens (tertiary/aromatic N) is 6. The van der Waals surface area contributed by atoms with Crippen molar-refractivity contribution in [2.24, 2.45) is 5.16 Å². The Balaban J connectivity index is 1.32. The number of nitrogens with one attached hydrogen (secondary N) is 2. The molecule has 0 saturated carbocycles. The minimum absolute atomic E-state index is 0.0421. The van der Waals surface area contributed by atoms with Gasteiger partial charge in [0, 0.05) is 28.2 Å². The molecule has 0 spiro atoms. The van der Waals surface area contributed by atoms with Gasteiger partial charge in [0.1, 0.15) is 48.8 Å². The minimum Gasteiger partial charge on any atom is -0.477 e. The lowest BCUT2D eigenvalue weighted by molar-refractivity contribution is -0.687. The fraction of sp³-hybridized carbons (Fsp3) is 0.350. The maximum atomic E-state index is 13.1. The number of nitrogens with two attached hydrogens (primary N) is 1. The number of aromatic nitrogens is 4. The van der Waals surface area contributed by atoms with Crippen molar-refractivity contribution in [3.63, 3.8) is 0 Å². The number of carboxylic acid groups (broad SMARTS) is 1. The third-order valence-corrected chi connectivity index (χ3v) is 9.27. The summed E-state index contributed by atoms with van der Waals surface area (Å²) in [6.45, 7) is -1.34. The van der Waals surface area contributed by atoms with E-state index < -0.39 is 58.5 Å². The number of carbonyl (C=O) groups is 3. The summed E-state index contributed by atoms with van der Waals surface area (Å²) in [4.78, 5) is 48.8. The minimum atomic E-state index is -4.39. The first-order chi connectivity index (χ1) is 20.0. The molecule has 2 aliphatic heterocycles. The Labute approximate surface area is 247 Å². The zero-order valence-corrected chi connectivity index (χ0v) is 24.3. The van der Waals surface area contributed by atoms with Gasteiger partial charge in [-0.3, -0.25) is 19.0 Å². The molecule has 3 aromatic heterocycles. The Kier molecular flexibility index (Phi) is 8.43. The van der Waals surface area contributed by atoms with Gasteiger partial charge in [0.25, 0.3) is 11.8 Å². The summed E-state index contributed by atoms with van der Waals surface area (Å²) in [5.74, 6) is -2.83. The van der Waals surface area contributed by atoms with Gasteiger partial charge in [-0.1, -0.05) is 16.5 Å². The van der Waals surface area contributed by atoms with Crippen LogP contribution in [-0.2, 0) is 42.6 Å². The number of carboxylic acids is 1. The van der Waals surface area contributed by atoms with Crippen LogP contribution in [0.25, 0.3) is 4.83 Å². The fourth-order valence-electron chi connectivity index (χ4n) is 4.20. The monoisotopic (exact) mass is 662 g/mol. The molecule has 0 aromatic carbocycles. The zero-order chi connectivity index (χ0) is 30.2. The molecule has 2 amide bonds. The lowest BCUT2D eigenvalue weighted by atomic mass is 10.0. The Morgan fingerprint density at radius 1 is 1.38 bits per heavy atom. The number of rotatable bonds is 12. The van der Waals surface area contributed by atoms with Gasteiger partial charge in [0.2, 0.25) is 22.7 Å². The van der Waals surface area contributed by atoms with Crippen LogP contribution in [0.1, 0.15) is 11.5 Å². The largest absolute Gasteiger partial charge is 0.477 e. The molecule has 3 aromatic rings. The first-order valence-electron chi connectivity index (χ1n) is 11.7. The standard InChI is InChI=1S/C20H20FN9O8S4/c21-1-2-38-26-12(15-25-20(22)41-27-15)16(31)24-13-17(32)30-14(19(33)34)9(6-40-18(13)30)4-28-5-11-29(8-28)10(7-39-11)3-23-42(35,36)37/h5,7-8,13,18,23H,1-4,6H2,(H4-,22,24,25,27,31,33,34,35,36,37)/p+1/b26-12-/t13-,18-/m1/s1. The van der Waals surface area contributed by atoms with Crippen molar-refractivity contribution in [3.05, 3.63) is 40.7 Å². The van der Waals surface area contributed by atoms with Crippen molar-refractivity contribution in [1.29, 1.82) is 0 Å². The molecule has 0 aliphatic carbocycles. The van der Waals surface area contributed by atoms with Crippen LogP contribution in [0.5, 0.6) is 0 Å². The van der Waals surface area contributed by atoms with E-state index in [1.807, 2.05) is 4.72 Å². The van der Waals surface area contributed by atoms with E-state index in [4.69, 9.17) is 15.1 Å². The number of anilines is 1. The van der Waals surface area contributed by atoms with E-state index in [-0.39, 0.29) is 35.5 Å². The molecule has 1 fully saturated rings. The number of amides is 2. The lowest BCUT2D eigenvalue weighted by Crippen LogP contribution is -2.71. The van der Waals surface area contributed by atoms with Crippen LogP contribution in [0, 0.1) is 0 Å². The number of β-lactam (4-membered cyclic amide) rings is 1. The van der Waals surface area contributed by atoms with Crippen molar-refractivity contribution in [2.45, 2.75) is 24.5 Å². The molecule has 224 valence electrons. The van der Waals surface area contributed by atoms with E-state index in [0.29, 0.717) is 11.3 Å².